The van der Waals surface area contributed by atoms with Crippen molar-refractivity contribution in [2.45, 2.75) is 48.8 Å². The van der Waals surface area contributed by atoms with Gasteiger partial charge in [-0.3, -0.25) is 0 Å². The summed E-state index contributed by atoms with van der Waals surface area (Å²) in [7, 11) is 0. The quantitative estimate of drug-likeness (QED) is 0.671. The minimum atomic E-state index is 0.344. The van der Waals surface area contributed by atoms with Gasteiger partial charge in [-0.05, 0) is 94.4 Å². The molecule has 0 saturated carbocycles. The summed E-state index contributed by atoms with van der Waals surface area (Å²) in [5.74, 6) is 0.823. The zero-order valence-corrected chi connectivity index (χ0v) is 17.8. The van der Waals surface area contributed by atoms with E-state index in [9.17, 15) is 0 Å². The smallest absolute Gasteiger partial charge is 0.0555 e. The number of rotatable bonds is 7. The molecular weight excluding hydrogens is 364 g/mol. The molecule has 28 heavy (non-hydrogen) atoms. The molecular formula is C24H32N2OS. The molecule has 1 N–H and O–H groups in total. The number of aliphatic hydroxyl groups excluding tert-OH is 1. The lowest BCUT2D eigenvalue weighted by Crippen LogP contribution is -2.36. The topological polar surface area (TPSA) is 26.7 Å². The SMILES string of the molecule is Cc1ccc2c(c1)N(CCCN1CCC(CCCO)CC1)c1ccccc1S2. The van der Waals surface area contributed by atoms with E-state index in [2.05, 4.69) is 59.2 Å². The summed E-state index contributed by atoms with van der Waals surface area (Å²) in [6, 6.07) is 15.6. The van der Waals surface area contributed by atoms with Gasteiger partial charge in [0.1, 0.15) is 0 Å². The first-order valence-electron chi connectivity index (χ1n) is 10.7. The van der Waals surface area contributed by atoms with Crippen molar-refractivity contribution in [3.05, 3.63) is 48.0 Å². The molecule has 0 atom stereocenters. The zero-order valence-electron chi connectivity index (χ0n) is 16.9. The van der Waals surface area contributed by atoms with Gasteiger partial charge in [-0.25, -0.2) is 0 Å². The van der Waals surface area contributed by atoms with Crippen LogP contribution in [0.1, 0.15) is 37.7 Å². The predicted octanol–water partition coefficient (Wildman–Crippen LogP) is 5.47. The highest BCUT2D eigenvalue weighted by Crippen LogP contribution is 2.48. The van der Waals surface area contributed by atoms with Crippen molar-refractivity contribution in [3.8, 4) is 0 Å². The van der Waals surface area contributed by atoms with Crippen molar-refractivity contribution in [3.63, 3.8) is 0 Å². The van der Waals surface area contributed by atoms with Crippen molar-refractivity contribution < 1.29 is 5.11 Å². The first kappa shape index (κ1) is 19.8. The highest BCUT2D eigenvalue weighted by molar-refractivity contribution is 7.99. The molecule has 0 amide bonds. The lowest BCUT2D eigenvalue weighted by molar-refractivity contribution is 0.169. The Labute approximate surface area is 173 Å². The molecule has 4 heteroatoms. The van der Waals surface area contributed by atoms with E-state index in [0.717, 1.165) is 18.9 Å². The summed E-state index contributed by atoms with van der Waals surface area (Å²) in [5, 5.41) is 9.03. The molecule has 1 saturated heterocycles. The van der Waals surface area contributed by atoms with Crippen LogP contribution in [0, 0.1) is 12.8 Å². The average molecular weight is 397 g/mol. The number of hydrogen-bond acceptors (Lipinski definition) is 4. The molecule has 0 aromatic heterocycles. The molecule has 1 fully saturated rings. The van der Waals surface area contributed by atoms with Crippen LogP contribution < -0.4 is 4.90 Å². The number of fused-ring (bicyclic) bond motifs is 2. The maximum atomic E-state index is 9.03. The highest BCUT2D eigenvalue weighted by Gasteiger charge is 2.24. The van der Waals surface area contributed by atoms with E-state index in [1.54, 1.807) is 0 Å². The fourth-order valence-corrected chi connectivity index (χ4v) is 5.59. The number of nitrogens with zero attached hydrogens (tertiary/aromatic N) is 2. The lowest BCUT2D eigenvalue weighted by atomic mass is 9.92. The van der Waals surface area contributed by atoms with Gasteiger partial charge < -0.3 is 14.9 Å². The van der Waals surface area contributed by atoms with Gasteiger partial charge in [-0.15, -0.1) is 0 Å². The van der Waals surface area contributed by atoms with Crippen LogP contribution in [0.25, 0.3) is 0 Å². The van der Waals surface area contributed by atoms with Crippen LogP contribution in [0.4, 0.5) is 11.4 Å². The molecule has 2 heterocycles. The molecule has 4 rings (SSSR count). The summed E-state index contributed by atoms with van der Waals surface area (Å²) in [6.45, 7) is 7.22. The number of benzene rings is 2. The monoisotopic (exact) mass is 396 g/mol. The second kappa shape index (κ2) is 9.34. The van der Waals surface area contributed by atoms with Gasteiger partial charge in [0.15, 0.2) is 0 Å². The largest absolute Gasteiger partial charge is 0.396 e. The van der Waals surface area contributed by atoms with E-state index in [-0.39, 0.29) is 0 Å². The molecule has 150 valence electrons. The van der Waals surface area contributed by atoms with Gasteiger partial charge >= 0.3 is 0 Å². The van der Waals surface area contributed by atoms with E-state index in [0.29, 0.717) is 6.61 Å². The van der Waals surface area contributed by atoms with Gasteiger partial charge in [0, 0.05) is 22.9 Å². The van der Waals surface area contributed by atoms with Crippen LogP contribution in [-0.2, 0) is 0 Å². The summed E-state index contributed by atoms with van der Waals surface area (Å²) in [6.07, 6.45) is 5.95. The average Bonchev–Trinajstić information content (AvgIpc) is 2.73. The number of aliphatic hydroxyl groups is 1. The molecule has 0 bridgehead atoms. The summed E-state index contributed by atoms with van der Waals surface area (Å²) < 4.78 is 0. The first-order chi connectivity index (χ1) is 13.7. The maximum absolute atomic E-state index is 9.03. The Bertz CT molecular complexity index is 786. The normalized spacial score (nSPS) is 17.4. The lowest BCUT2D eigenvalue weighted by Gasteiger charge is -2.35. The van der Waals surface area contributed by atoms with E-state index in [4.69, 9.17) is 5.11 Å². The second-order valence-electron chi connectivity index (χ2n) is 8.20. The van der Waals surface area contributed by atoms with Gasteiger partial charge in [0.2, 0.25) is 0 Å². The Morgan fingerprint density at radius 2 is 1.75 bits per heavy atom. The third-order valence-electron chi connectivity index (χ3n) is 6.11. The Balaban J connectivity index is 1.37. The number of anilines is 2. The van der Waals surface area contributed by atoms with Crippen LogP contribution in [0.15, 0.2) is 52.3 Å². The molecule has 0 aliphatic carbocycles. The molecule has 0 radical (unpaired) electrons. The fraction of sp³-hybridized carbons (Fsp3) is 0.500. The summed E-state index contributed by atoms with van der Waals surface area (Å²) >= 11 is 1.89. The molecule has 2 aromatic rings. The van der Waals surface area contributed by atoms with Gasteiger partial charge in [-0.1, -0.05) is 30.0 Å². The summed E-state index contributed by atoms with van der Waals surface area (Å²) in [5.41, 5.74) is 4.05. The number of piperidine rings is 1. The third kappa shape index (κ3) is 4.56. The van der Waals surface area contributed by atoms with Crippen LogP contribution in [0.2, 0.25) is 0 Å². The minimum Gasteiger partial charge on any atom is -0.396 e. The third-order valence-corrected chi connectivity index (χ3v) is 7.25. The van der Waals surface area contributed by atoms with Crippen molar-refractivity contribution in [2.24, 2.45) is 5.92 Å². The Kier molecular flexibility index (Phi) is 6.61. The standard InChI is InChI=1S/C24H32N2OS/c1-19-9-10-24-22(18-19)26(21-7-2-3-8-23(21)28-24)14-5-13-25-15-11-20(12-16-25)6-4-17-27/h2-3,7-10,18,20,27H,4-6,11-17H2,1H3. The molecule has 2 aromatic carbocycles. The van der Waals surface area contributed by atoms with Crippen LogP contribution in [-0.4, -0.2) is 42.8 Å². The minimum absolute atomic E-state index is 0.344. The van der Waals surface area contributed by atoms with E-state index >= 15 is 0 Å². The number of hydrogen-bond donors (Lipinski definition) is 1. The van der Waals surface area contributed by atoms with Gasteiger partial charge in [-0.2, -0.15) is 0 Å². The highest BCUT2D eigenvalue weighted by atomic mass is 32.2. The molecule has 2 aliphatic heterocycles. The van der Waals surface area contributed by atoms with Gasteiger partial charge in [0.05, 0.1) is 11.4 Å². The van der Waals surface area contributed by atoms with Crippen molar-refractivity contribution >= 4 is 23.1 Å². The molecule has 3 nitrogen and oxygen atoms in total. The van der Waals surface area contributed by atoms with Crippen molar-refractivity contribution in [2.75, 3.05) is 37.7 Å². The molecule has 2 aliphatic rings. The molecule has 0 spiro atoms. The maximum Gasteiger partial charge on any atom is 0.0555 e. The van der Waals surface area contributed by atoms with Crippen molar-refractivity contribution in [1.82, 2.24) is 4.90 Å². The van der Waals surface area contributed by atoms with Crippen LogP contribution in [0.5, 0.6) is 0 Å². The Morgan fingerprint density at radius 1 is 0.964 bits per heavy atom. The number of para-hydroxylation sites is 1. The summed E-state index contributed by atoms with van der Waals surface area (Å²) in [4.78, 5) is 7.90. The molecule has 0 unspecified atom stereocenters. The van der Waals surface area contributed by atoms with Crippen molar-refractivity contribution in [1.29, 1.82) is 0 Å². The Morgan fingerprint density at radius 3 is 2.57 bits per heavy atom. The second-order valence-corrected chi connectivity index (χ2v) is 9.28. The predicted molar refractivity (Wildman–Crippen MR) is 119 cm³/mol. The Hall–Kier alpha value is -1.49. The van der Waals surface area contributed by atoms with E-state index < -0.39 is 0 Å². The fourth-order valence-electron chi connectivity index (χ4n) is 4.51. The number of likely N-dealkylation sites (tertiary alicyclic amines) is 1. The van der Waals surface area contributed by atoms with E-state index in [1.165, 1.54) is 72.0 Å². The van der Waals surface area contributed by atoms with Gasteiger partial charge in [0.25, 0.3) is 0 Å². The van der Waals surface area contributed by atoms with Crippen LogP contribution >= 0.6 is 11.8 Å². The number of aryl methyl sites for hydroxylation is 1. The van der Waals surface area contributed by atoms with Crippen LogP contribution in [0.3, 0.4) is 0 Å². The van der Waals surface area contributed by atoms with E-state index in [1.807, 2.05) is 11.8 Å². The first-order valence-corrected chi connectivity index (χ1v) is 11.5. The zero-order chi connectivity index (χ0) is 19.3.